The summed E-state index contributed by atoms with van der Waals surface area (Å²) in [6, 6.07) is 17.2. The van der Waals surface area contributed by atoms with Crippen molar-refractivity contribution in [3.63, 3.8) is 0 Å². The van der Waals surface area contributed by atoms with E-state index in [-0.39, 0.29) is 17.9 Å². The molecular formula is C25H24N6O2S. The third-order valence-corrected chi connectivity index (χ3v) is 6.74. The molecule has 2 aromatic carbocycles. The van der Waals surface area contributed by atoms with E-state index in [0.29, 0.717) is 17.9 Å². The number of anilines is 1. The third-order valence-electron chi connectivity index (χ3n) is 5.85. The van der Waals surface area contributed by atoms with Gasteiger partial charge in [0.05, 0.1) is 17.9 Å². The largest absolute Gasteiger partial charge is 0.368 e. The van der Waals surface area contributed by atoms with Crippen LogP contribution in [0.15, 0.2) is 72.4 Å². The fourth-order valence-electron chi connectivity index (χ4n) is 4.18. The average molecular weight is 473 g/mol. The SMILES string of the molecule is NC(=O)C1CCCN1Cc1cccc(NC(=O)c2csc(-c3cnn(-c4ccccc4)c3)n2)c1. The predicted molar refractivity (Wildman–Crippen MR) is 132 cm³/mol. The van der Waals surface area contributed by atoms with E-state index >= 15 is 0 Å². The van der Waals surface area contributed by atoms with Crippen molar-refractivity contribution in [2.24, 2.45) is 5.73 Å². The van der Waals surface area contributed by atoms with Crippen LogP contribution in [0.4, 0.5) is 5.69 Å². The van der Waals surface area contributed by atoms with Gasteiger partial charge in [0.25, 0.3) is 5.91 Å². The minimum absolute atomic E-state index is 0.224. The van der Waals surface area contributed by atoms with Crippen molar-refractivity contribution in [2.75, 3.05) is 11.9 Å². The first-order chi connectivity index (χ1) is 16.6. The highest BCUT2D eigenvalue weighted by molar-refractivity contribution is 7.13. The van der Waals surface area contributed by atoms with Crippen LogP contribution in [0, 0.1) is 0 Å². The van der Waals surface area contributed by atoms with Gasteiger partial charge in [-0.2, -0.15) is 5.10 Å². The Morgan fingerprint density at radius 1 is 1.15 bits per heavy atom. The number of nitrogens with zero attached hydrogens (tertiary/aromatic N) is 4. The van der Waals surface area contributed by atoms with Crippen molar-refractivity contribution < 1.29 is 9.59 Å². The Labute approximate surface area is 201 Å². The van der Waals surface area contributed by atoms with Gasteiger partial charge in [-0.25, -0.2) is 9.67 Å². The standard InChI is InChI=1S/C25H24N6O2S/c26-23(32)22-10-5-11-30(22)14-17-6-4-7-19(12-17)28-24(33)21-16-34-25(29-21)18-13-27-31(15-18)20-8-2-1-3-9-20/h1-4,6-9,12-13,15-16,22H,5,10-11,14H2,(H2,26,32)(H,28,33). The molecule has 0 aliphatic carbocycles. The van der Waals surface area contributed by atoms with Gasteiger partial charge in [-0.1, -0.05) is 30.3 Å². The molecule has 2 amide bonds. The summed E-state index contributed by atoms with van der Waals surface area (Å²) in [4.78, 5) is 31.1. The van der Waals surface area contributed by atoms with Crippen LogP contribution in [0.3, 0.4) is 0 Å². The number of rotatable bonds is 7. The number of aromatic nitrogens is 3. The van der Waals surface area contributed by atoms with Crippen LogP contribution >= 0.6 is 11.3 Å². The number of carbonyl (C=O) groups is 2. The number of nitrogens with two attached hydrogens (primary N) is 1. The molecule has 1 saturated heterocycles. The number of likely N-dealkylation sites (tertiary alicyclic amines) is 1. The molecule has 1 unspecified atom stereocenters. The summed E-state index contributed by atoms with van der Waals surface area (Å²) in [6.07, 6.45) is 5.40. The van der Waals surface area contributed by atoms with Gasteiger partial charge in [0, 0.05) is 29.4 Å². The predicted octanol–water partition coefficient (Wildman–Crippen LogP) is 3.70. The van der Waals surface area contributed by atoms with Gasteiger partial charge < -0.3 is 11.1 Å². The van der Waals surface area contributed by atoms with E-state index < -0.39 is 0 Å². The van der Waals surface area contributed by atoms with Crippen molar-refractivity contribution in [1.82, 2.24) is 19.7 Å². The number of carbonyl (C=O) groups excluding carboxylic acids is 2. The van der Waals surface area contributed by atoms with Gasteiger partial charge >= 0.3 is 0 Å². The highest BCUT2D eigenvalue weighted by Gasteiger charge is 2.28. The van der Waals surface area contributed by atoms with E-state index in [4.69, 9.17) is 5.73 Å². The zero-order chi connectivity index (χ0) is 23.5. The van der Waals surface area contributed by atoms with E-state index in [0.717, 1.165) is 41.2 Å². The van der Waals surface area contributed by atoms with Crippen molar-refractivity contribution in [3.8, 4) is 16.3 Å². The monoisotopic (exact) mass is 472 g/mol. The van der Waals surface area contributed by atoms with Crippen molar-refractivity contribution >= 4 is 28.8 Å². The second-order valence-corrected chi connectivity index (χ2v) is 9.09. The Morgan fingerprint density at radius 3 is 2.82 bits per heavy atom. The summed E-state index contributed by atoms with van der Waals surface area (Å²) >= 11 is 1.40. The highest BCUT2D eigenvalue weighted by atomic mass is 32.1. The first-order valence-electron chi connectivity index (χ1n) is 11.1. The fourth-order valence-corrected chi connectivity index (χ4v) is 4.96. The molecule has 1 atom stereocenters. The van der Waals surface area contributed by atoms with E-state index in [1.165, 1.54) is 11.3 Å². The van der Waals surface area contributed by atoms with Gasteiger partial charge in [-0.05, 0) is 49.2 Å². The normalized spacial score (nSPS) is 15.9. The minimum Gasteiger partial charge on any atom is -0.368 e. The zero-order valence-electron chi connectivity index (χ0n) is 18.4. The third kappa shape index (κ3) is 4.75. The van der Waals surface area contributed by atoms with Gasteiger partial charge in [-0.15, -0.1) is 11.3 Å². The maximum Gasteiger partial charge on any atom is 0.275 e. The van der Waals surface area contributed by atoms with E-state index in [9.17, 15) is 9.59 Å². The lowest BCUT2D eigenvalue weighted by Crippen LogP contribution is -2.39. The van der Waals surface area contributed by atoms with Crippen LogP contribution in [0.1, 0.15) is 28.9 Å². The molecule has 0 spiro atoms. The number of benzene rings is 2. The van der Waals surface area contributed by atoms with Gasteiger partial charge in [0.15, 0.2) is 0 Å². The molecule has 8 nitrogen and oxygen atoms in total. The first-order valence-corrected chi connectivity index (χ1v) is 11.9. The molecule has 34 heavy (non-hydrogen) atoms. The lowest BCUT2D eigenvalue weighted by Gasteiger charge is -2.22. The Kier molecular flexibility index (Phi) is 6.20. The molecule has 1 aliphatic heterocycles. The number of nitrogens with one attached hydrogen (secondary N) is 1. The number of primary amides is 1. The lowest BCUT2D eigenvalue weighted by atomic mass is 10.1. The molecule has 3 heterocycles. The molecule has 9 heteroatoms. The molecule has 1 fully saturated rings. The highest BCUT2D eigenvalue weighted by Crippen LogP contribution is 2.25. The van der Waals surface area contributed by atoms with Gasteiger partial charge in [0.1, 0.15) is 10.7 Å². The maximum absolute atomic E-state index is 12.8. The van der Waals surface area contributed by atoms with Gasteiger partial charge in [-0.3, -0.25) is 14.5 Å². The summed E-state index contributed by atoms with van der Waals surface area (Å²) in [5, 5.41) is 9.81. The second kappa shape index (κ2) is 9.58. The average Bonchev–Trinajstić information content (AvgIpc) is 3.60. The first kappa shape index (κ1) is 22.0. The molecular weight excluding hydrogens is 448 g/mol. The van der Waals surface area contributed by atoms with Crippen LogP contribution in [0.2, 0.25) is 0 Å². The van der Waals surface area contributed by atoms with Crippen LogP contribution < -0.4 is 11.1 Å². The fraction of sp³-hybridized carbons (Fsp3) is 0.200. The number of thiazole rings is 1. The van der Waals surface area contributed by atoms with Crippen LogP contribution in [0.25, 0.3) is 16.3 Å². The zero-order valence-corrected chi connectivity index (χ0v) is 19.2. The van der Waals surface area contributed by atoms with Gasteiger partial charge in [0.2, 0.25) is 5.91 Å². The quantitative estimate of drug-likeness (QED) is 0.427. The van der Waals surface area contributed by atoms with Crippen LogP contribution in [0.5, 0.6) is 0 Å². The lowest BCUT2D eigenvalue weighted by molar-refractivity contribution is -0.122. The Morgan fingerprint density at radius 2 is 2.00 bits per heavy atom. The summed E-state index contributed by atoms with van der Waals surface area (Å²) in [7, 11) is 0. The molecule has 0 bridgehead atoms. The Hall–Kier alpha value is -3.82. The molecule has 1 aliphatic rings. The molecule has 3 N–H and O–H groups in total. The summed E-state index contributed by atoms with van der Waals surface area (Å²) < 4.78 is 1.78. The smallest absolute Gasteiger partial charge is 0.275 e. The second-order valence-electron chi connectivity index (χ2n) is 8.23. The van der Waals surface area contributed by atoms with Crippen LogP contribution in [-0.2, 0) is 11.3 Å². The minimum atomic E-state index is -0.282. The van der Waals surface area contributed by atoms with E-state index in [1.807, 2.05) is 60.8 Å². The molecule has 5 rings (SSSR count). The van der Waals surface area contributed by atoms with E-state index in [1.54, 1.807) is 16.3 Å². The Balaban J connectivity index is 1.26. The molecule has 172 valence electrons. The summed E-state index contributed by atoms with van der Waals surface area (Å²) in [6.45, 7) is 1.45. The molecule has 4 aromatic rings. The summed E-state index contributed by atoms with van der Waals surface area (Å²) in [5.41, 5.74) is 9.39. The van der Waals surface area contributed by atoms with Crippen LogP contribution in [-0.4, -0.2) is 44.1 Å². The Bertz CT molecular complexity index is 1320. The maximum atomic E-state index is 12.8. The van der Waals surface area contributed by atoms with Crippen molar-refractivity contribution in [3.05, 3.63) is 83.6 Å². The molecule has 0 saturated carbocycles. The summed E-state index contributed by atoms with van der Waals surface area (Å²) in [5.74, 6) is -0.554. The van der Waals surface area contributed by atoms with E-state index in [2.05, 4.69) is 20.3 Å². The number of hydrogen-bond donors (Lipinski definition) is 2. The number of amides is 2. The topological polar surface area (TPSA) is 106 Å². The number of para-hydroxylation sites is 1. The van der Waals surface area contributed by atoms with Crippen molar-refractivity contribution in [2.45, 2.75) is 25.4 Å². The molecule has 2 aromatic heterocycles. The molecule has 0 radical (unpaired) electrons. The number of hydrogen-bond acceptors (Lipinski definition) is 6. The van der Waals surface area contributed by atoms with Crippen molar-refractivity contribution in [1.29, 1.82) is 0 Å².